The summed E-state index contributed by atoms with van der Waals surface area (Å²) in [4.78, 5) is 11.8. The minimum Gasteiger partial charge on any atom is -0.494 e. The molecule has 0 unspecified atom stereocenters. The van der Waals surface area contributed by atoms with Crippen LogP contribution in [0.4, 0.5) is 0 Å². The average molecular weight is 331 g/mol. The second-order valence-electron chi connectivity index (χ2n) is 6.25. The first-order valence-corrected chi connectivity index (χ1v) is 8.31. The summed E-state index contributed by atoms with van der Waals surface area (Å²) in [6.07, 6.45) is 2.01. The van der Waals surface area contributed by atoms with Gasteiger partial charge in [-0.2, -0.15) is 0 Å². The van der Waals surface area contributed by atoms with Crippen LogP contribution in [0.2, 0.25) is 0 Å². The van der Waals surface area contributed by atoms with Crippen molar-refractivity contribution in [3.05, 3.63) is 41.2 Å². The number of hydrogen-bond acceptors (Lipinski definition) is 5. The van der Waals surface area contributed by atoms with Gasteiger partial charge in [-0.05, 0) is 43.4 Å². The molecule has 2 aromatic rings. The maximum Gasteiger partial charge on any atom is 0.226 e. The van der Waals surface area contributed by atoms with Gasteiger partial charge in [0.2, 0.25) is 5.91 Å². The lowest BCUT2D eigenvalue weighted by Crippen LogP contribution is -2.27. The molecule has 0 radical (unpaired) electrons. The molecule has 0 aliphatic rings. The number of aryl methyl sites for hydroxylation is 1. The van der Waals surface area contributed by atoms with Crippen LogP contribution >= 0.6 is 0 Å². The summed E-state index contributed by atoms with van der Waals surface area (Å²) in [5.41, 5.74) is 2.39. The van der Waals surface area contributed by atoms with Gasteiger partial charge >= 0.3 is 0 Å². The number of nitrogens with one attached hydrogen (secondary N) is 1. The fraction of sp³-hybridized carbons (Fsp3) is 0.500. The van der Waals surface area contributed by atoms with Gasteiger partial charge in [0.05, 0.1) is 13.0 Å². The summed E-state index contributed by atoms with van der Waals surface area (Å²) in [5.74, 6) is 1.45. The van der Waals surface area contributed by atoms with Crippen LogP contribution in [0.15, 0.2) is 28.9 Å². The number of amides is 1. The van der Waals surface area contributed by atoms with Crippen molar-refractivity contribution in [2.75, 3.05) is 13.2 Å². The average Bonchev–Trinajstić information content (AvgIpc) is 2.93. The normalized spacial score (nSPS) is 10.8. The molecule has 0 spiro atoms. The van der Waals surface area contributed by atoms with Crippen LogP contribution in [0.25, 0.3) is 0 Å². The zero-order valence-corrected chi connectivity index (χ0v) is 14.5. The van der Waals surface area contributed by atoms with E-state index >= 15 is 0 Å². The molecule has 6 nitrogen and oxygen atoms in total. The van der Waals surface area contributed by atoms with E-state index in [0.717, 1.165) is 30.8 Å². The van der Waals surface area contributed by atoms with E-state index in [4.69, 9.17) is 4.74 Å². The Kier molecular flexibility index (Phi) is 6.78. The second kappa shape index (κ2) is 9.05. The summed E-state index contributed by atoms with van der Waals surface area (Å²) in [7, 11) is 0. The van der Waals surface area contributed by atoms with Crippen LogP contribution in [0, 0.1) is 12.8 Å². The Morgan fingerprint density at radius 3 is 2.62 bits per heavy atom. The molecule has 2 rings (SSSR count). The van der Waals surface area contributed by atoms with Crippen molar-refractivity contribution < 1.29 is 14.2 Å². The number of hydrogen-bond donors (Lipinski definition) is 1. The first-order chi connectivity index (χ1) is 11.5. The number of carbonyl (C=O) groups excluding carboxylic acids is 1. The van der Waals surface area contributed by atoms with Gasteiger partial charge in [-0.3, -0.25) is 4.79 Å². The molecule has 1 aromatic heterocycles. The predicted molar refractivity (Wildman–Crippen MR) is 90.8 cm³/mol. The molecule has 0 saturated carbocycles. The number of nitrogens with zero attached hydrogens (tertiary/aromatic N) is 2. The SMILES string of the molecule is Cc1nonc1CC(=O)NCCc1ccc(OCCC(C)C)cc1. The maximum atomic E-state index is 11.8. The first kappa shape index (κ1) is 18.0. The third-order valence-electron chi connectivity index (χ3n) is 3.70. The fourth-order valence-corrected chi connectivity index (χ4v) is 2.14. The smallest absolute Gasteiger partial charge is 0.226 e. The van der Waals surface area contributed by atoms with Gasteiger partial charge < -0.3 is 10.1 Å². The van der Waals surface area contributed by atoms with Gasteiger partial charge in [-0.1, -0.05) is 36.3 Å². The minimum absolute atomic E-state index is 0.0811. The number of rotatable bonds is 9. The van der Waals surface area contributed by atoms with Crippen LogP contribution in [-0.2, 0) is 17.6 Å². The molecule has 24 heavy (non-hydrogen) atoms. The molecule has 0 fully saturated rings. The highest BCUT2D eigenvalue weighted by Crippen LogP contribution is 2.13. The Bertz CT molecular complexity index is 635. The second-order valence-corrected chi connectivity index (χ2v) is 6.25. The highest BCUT2D eigenvalue weighted by atomic mass is 16.6. The Balaban J connectivity index is 1.68. The van der Waals surface area contributed by atoms with Gasteiger partial charge in [-0.25, -0.2) is 4.63 Å². The maximum absolute atomic E-state index is 11.8. The Labute approximate surface area is 142 Å². The van der Waals surface area contributed by atoms with E-state index in [-0.39, 0.29) is 12.3 Å². The Morgan fingerprint density at radius 1 is 1.25 bits per heavy atom. The van der Waals surface area contributed by atoms with E-state index < -0.39 is 0 Å². The van der Waals surface area contributed by atoms with Crippen LogP contribution in [0.3, 0.4) is 0 Å². The Hall–Kier alpha value is -2.37. The van der Waals surface area contributed by atoms with Crippen molar-refractivity contribution in [2.24, 2.45) is 5.92 Å². The highest BCUT2D eigenvalue weighted by Gasteiger charge is 2.10. The molecule has 0 aliphatic carbocycles. The summed E-state index contributed by atoms with van der Waals surface area (Å²) < 4.78 is 10.3. The van der Waals surface area contributed by atoms with Gasteiger partial charge in [-0.15, -0.1) is 0 Å². The summed E-state index contributed by atoms with van der Waals surface area (Å²) >= 11 is 0. The van der Waals surface area contributed by atoms with Crippen LogP contribution in [0.5, 0.6) is 5.75 Å². The molecule has 0 atom stereocenters. The molecule has 1 N–H and O–H groups in total. The third kappa shape index (κ3) is 6.02. The molecule has 0 aliphatic heterocycles. The number of ether oxygens (including phenoxy) is 1. The van der Waals surface area contributed by atoms with Crippen molar-refractivity contribution in [3.63, 3.8) is 0 Å². The molecule has 1 amide bonds. The van der Waals surface area contributed by atoms with Crippen molar-refractivity contribution in [1.82, 2.24) is 15.6 Å². The summed E-state index contributed by atoms with van der Waals surface area (Å²) in [5, 5.41) is 10.2. The molecule has 0 saturated heterocycles. The highest BCUT2D eigenvalue weighted by molar-refractivity contribution is 5.78. The third-order valence-corrected chi connectivity index (χ3v) is 3.70. The number of benzene rings is 1. The van der Waals surface area contributed by atoms with Crippen LogP contribution in [0.1, 0.15) is 37.2 Å². The minimum atomic E-state index is -0.0811. The van der Waals surface area contributed by atoms with Gasteiger partial charge in [0.25, 0.3) is 0 Å². The van der Waals surface area contributed by atoms with Crippen molar-refractivity contribution in [2.45, 2.75) is 40.0 Å². The molecule has 1 aromatic carbocycles. The molecule has 1 heterocycles. The monoisotopic (exact) mass is 331 g/mol. The van der Waals surface area contributed by atoms with Gasteiger partial charge in [0, 0.05) is 6.54 Å². The lowest BCUT2D eigenvalue weighted by atomic mass is 10.1. The van der Waals surface area contributed by atoms with E-state index in [1.54, 1.807) is 6.92 Å². The quantitative estimate of drug-likeness (QED) is 0.764. The fourth-order valence-electron chi connectivity index (χ4n) is 2.14. The van der Waals surface area contributed by atoms with Crippen molar-refractivity contribution >= 4 is 5.91 Å². The predicted octanol–water partition coefficient (Wildman–Crippen LogP) is 2.70. The molecular weight excluding hydrogens is 306 g/mol. The zero-order chi connectivity index (χ0) is 17.4. The standard InChI is InChI=1S/C18H25N3O3/c1-13(2)9-11-23-16-6-4-15(5-7-16)8-10-19-18(22)12-17-14(3)20-24-21-17/h4-7,13H,8-12H2,1-3H3,(H,19,22). The van der Waals surface area contributed by atoms with E-state index in [0.29, 0.717) is 23.9 Å². The van der Waals surface area contributed by atoms with Crippen molar-refractivity contribution in [1.29, 1.82) is 0 Å². The molecule has 6 heteroatoms. The van der Waals surface area contributed by atoms with Gasteiger partial charge in [0.1, 0.15) is 17.1 Å². The van der Waals surface area contributed by atoms with Crippen molar-refractivity contribution in [3.8, 4) is 5.75 Å². The first-order valence-electron chi connectivity index (χ1n) is 8.31. The Morgan fingerprint density at radius 2 is 2.00 bits per heavy atom. The summed E-state index contributed by atoms with van der Waals surface area (Å²) in [6, 6.07) is 8.01. The number of aromatic nitrogens is 2. The van der Waals surface area contributed by atoms with Gasteiger partial charge in [0.15, 0.2) is 0 Å². The number of carbonyl (C=O) groups is 1. The molecule has 0 bridgehead atoms. The largest absolute Gasteiger partial charge is 0.494 e. The summed E-state index contributed by atoms with van der Waals surface area (Å²) in [6.45, 7) is 7.45. The van der Waals surface area contributed by atoms with E-state index in [2.05, 4.69) is 34.1 Å². The lowest BCUT2D eigenvalue weighted by Gasteiger charge is -2.09. The molecule has 130 valence electrons. The van der Waals surface area contributed by atoms with Crippen LogP contribution < -0.4 is 10.1 Å². The van der Waals surface area contributed by atoms with Crippen LogP contribution in [-0.4, -0.2) is 29.4 Å². The van der Waals surface area contributed by atoms with E-state index in [1.807, 2.05) is 24.3 Å². The molecular formula is C18H25N3O3. The van der Waals surface area contributed by atoms with E-state index in [1.165, 1.54) is 0 Å². The topological polar surface area (TPSA) is 77.2 Å². The zero-order valence-electron chi connectivity index (χ0n) is 14.5. The lowest BCUT2D eigenvalue weighted by molar-refractivity contribution is -0.120. The van der Waals surface area contributed by atoms with E-state index in [9.17, 15) is 4.79 Å².